The molecule has 0 saturated carbocycles. The van der Waals surface area contributed by atoms with Gasteiger partial charge in [0.05, 0.1) is 10.0 Å². The first-order valence-corrected chi connectivity index (χ1v) is 10.00. The number of hydrogen-bond acceptors (Lipinski definition) is 4. The zero-order valence-corrected chi connectivity index (χ0v) is 16.2. The van der Waals surface area contributed by atoms with Gasteiger partial charge in [0.1, 0.15) is 4.90 Å². The van der Waals surface area contributed by atoms with E-state index >= 15 is 0 Å². The normalized spacial score (nSPS) is 14.9. The molecule has 0 unspecified atom stereocenters. The number of carbonyl (C=O) groups is 1. The van der Waals surface area contributed by atoms with Gasteiger partial charge in [0.25, 0.3) is 0 Å². The Hall–Kier alpha value is -1.96. The number of aryl methyl sites for hydroxylation is 1. The molecule has 0 bridgehead atoms. The summed E-state index contributed by atoms with van der Waals surface area (Å²) in [6, 6.07) is 8.79. The van der Waals surface area contributed by atoms with Crippen LogP contribution >= 0.6 is 23.2 Å². The Balaban J connectivity index is 1.85. The van der Waals surface area contributed by atoms with E-state index in [-0.39, 0.29) is 26.7 Å². The van der Waals surface area contributed by atoms with E-state index in [4.69, 9.17) is 27.4 Å². The molecule has 0 atom stereocenters. The molecular formula is C17H16Cl2N2O4S. The van der Waals surface area contributed by atoms with Crippen molar-refractivity contribution in [3.63, 3.8) is 0 Å². The number of carbonyl (C=O) groups excluding carboxylic acids is 1. The SMILES string of the molecule is Cc1cc(Cl)c(OS(=O)(=O)c2ccc(N3CCCNC3=O)cc2)c(Cl)c1. The summed E-state index contributed by atoms with van der Waals surface area (Å²) >= 11 is 12.1. The number of hydrogen-bond donors (Lipinski definition) is 1. The standard InChI is InChI=1S/C17H16Cl2N2O4S/c1-11-9-14(18)16(15(19)10-11)25-26(23,24)13-5-3-12(4-6-13)21-8-2-7-20-17(21)22/h3-6,9-10H,2,7-8H2,1H3,(H,20,22). The Bertz CT molecular complexity index is 923. The largest absolute Gasteiger partial charge is 0.376 e. The average Bonchev–Trinajstić information content (AvgIpc) is 2.59. The number of urea groups is 1. The van der Waals surface area contributed by atoms with Crippen LogP contribution in [0.2, 0.25) is 10.0 Å². The lowest BCUT2D eigenvalue weighted by atomic mass is 10.2. The molecule has 9 heteroatoms. The highest BCUT2D eigenvalue weighted by Gasteiger charge is 2.23. The van der Waals surface area contributed by atoms with E-state index in [0.29, 0.717) is 18.8 Å². The molecule has 2 aromatic rings. The third kappa shape index (κ3) is 3.90. The summed E-state index contributed by atoms with van der Waals surface area (Å²) in [5, 5.41) is 2.96. The zero-order chi connectivity index (χ0) is 18.9. The highest BCUT2D eigenvalue weighted by Crippen LogP contribution is 2.36. The molecule has 0 aliphatic carbocycles. The van der Waals surface area contributed by atoms with Crippen LogP contribution in [0.5, 0.6) is 5.75 Å². The Morgan fingerprint density at radius 1 is 1.12 bits per heavy atom. The van der Waals surface area contributed by atoms with Crippen LogP contribution in [0.4, 0.5) is 10.5 Å². The van der Waals surface area contributed by atoms with Crippen molar-refractivity contribution < 1.29 is 17.4 Å². The summed E-state index contributed by atoms with van der Waals surface area (Å²) in [4.78, 5) is 13.3. The molecule has 2 aromatic carbocycles. The van der Waals surface area contributed by atoms with E-state index < -0.39 is 10.1 Å². The van der Waals surface area contributed by atoms with Gasteiger partial charge in [-0.05, 0) is 55.3 Å². The summed E-state index contributed by atoms with van der Waals surface area (Å²) in [6.07, 6.45) is 0.819. The summed E-state index contributed by atoms with van der Waals surface area (Å²) < 4.78 is 30.1. The van der Waals surface area contributed by atoms with E-state index in [9.17, 15) is 13.2 Å². The minimum atomic E-state index is -4.12. The molecule has 1 aliphatic heterocycles. The molecular weight excluding hydrogens is 399 g/mol. The predicted molar refractivity (Wildman–Crippen MR) is 101 cm³/mol. The van der Waals surface area contributed by atoms with Gasteiger partial charge in [-0.1, -0.05) is 23.2 Å². The smallest absolute Gasteiger partial charge is 0.339 e. The lowest BCUT2D eigenvalue weighted by molar-refractivity contribution is 0.243. The molecule has 0 radical (unpaired) electrons. The first-order valence-electron chi connectivity index (χ1n) is 7.83. The number of benzene rings is 2. The van der Waals surface area contributed by atoms with Gasteiger partial charge in [0, 0.05) is 18.8 Å². The molecule has 26 heavy (non-hydrogen) atoms. The van der Waals surface area contributed by atoms with E-state index in [1.807, 2.05) is 0 Å². The van der Waals surface area contributed by atoms with Gasteiger partial charge in [-0.3, -0.25) is 4.90 Å². The third-order valence-corrected chi connectivity index (χ3v) is 5.65. The number of nitrogens with one attached hydrogen (secondary N) is 1. The maximum absolute atomic E-state index is 12.5. The average molecular weight is 415 g/mol. The highest BCUT2D eigenvalue weighted by molar-refractivity contribution is 7.87. The molecule has 3 rings (SSSR count). The fourth-order valence-corrected chi connectivity index (χ4v) is 4.32. The van der Waals surface area contributed by atoms with Crippen molar-refractivity contribution in [2.24, 2.45) is 0 Å². The second-order valence-corrected chi connectivity index (χ2v) is 8.19. The Kier molecular flexibility index (Phi) is 5.32. The maximum Gasteiger partial charge on any atom is 0.339 e. The van der Waals surface area contributed by atoms with Crippen molar-refractivity contribution >= 4 is 45.0 Å². The quantitative estimate of drug-likeness (QED) is 0.767. The Morgan fingerprint density at radius 3 is 2.31 bits per heavy atom. The van der Waals surface area contributed by atoms with Crippen molar-refractivity contribution in [3.8, 4) is 5.75 Å². The van der Waals surface area contributed by atoms with E-state index in [1.54, 1.807) is 36.1 Å². The van der Waals surface area contributed by atoms with Crippen molar-refractivity contribution in [1.82, 2.24) is 5.32 Å². The summed E-state index contributed by atoms with van der Waals surface area (Å²) in [7, 11) is -4.12. The van der Waals surface area contributed by atoms with E-state index in [0.717, 1.165) is 12.0 Å². The molecule has 1 heterocycles. The second kappa shape index (κ2) is 7.34. The lowest BCUT2D eigenvalue weighted by Gasteiger charge is -2.27. The zero-order valence-electron chi connectivity index (χ0n) is 13.8. The fourth-order valence-electron chi connectivity index (χ4n) is 2.59. The summed E-state index contributed by atoms with van der Waals surface area (Å²) in [5.41, 5.74) is 1.39. The Morgan fingerprint density at radius 2 is 1.73 bits per heavy atom. The van der Waals surface area contributed by atoms with Crippen LogP contribution in [0.25, 0.3) is 0 Å². The van der Waals surface area contributed by atoms with Crippen LogP contribution in [-0.2, 0) is 10.1 Å². The molecule has 1 fully saturated rings. The fraction of sp³-hybridized carbons (Fsp3) is 0.235. The summed E-state index contributed by atoms with van der Waals surface area (Å²) in [6.45, 7) is 2.99. The molecule has 1 saturated heterocycles. The van der Waals surface area contributed by atoms with Gasteiger partial charge < -0.3 is 9.50 Å². The van der Waals surface area contributed by atoms with Crippen LogP contribution < -0.4 is 14.4 Å². The van der Waals surface area contributed by atoms with Gasteiger partial charge in [-0.25, -0.2) is 4.79 Å². The van der Waals surface area contributed by atoms with Crippen LogP contribution in [0.3, 0.4) is 0 Å². The molecule has 1 aliphatic rings. The predicted octanol–water partition coefficient (Wildman–Crippen LogP) is 3.99. The third-order valence-electron chi connectivity index (χ3n) is 3.85. The molecule has 0 spiro atoms. The lowest BCUT2D eigenvalue weighted by Crippen LogP contribution is -2.46. The number of nitrogens with zero attached hydrogens (tertiary/aromatic N) is 1. The maximum atomic E-state index is 12.5. The molecule has 1 N–H and O–H groups in total. The van der Waals surface area contributed by atoms with Crippen LogP contribution in [0.15, 0.2) is 41.3 Å². The van der Waals surface area contributed by atoms with Crippen LogP contribution in [0, 0.1) is 6.92 Å². The molecule has 2 amide bonds. The van der Waals surface area contributed by atoms with E-state index in [1.165, 1.54) is 12.1 Å². The van der Waals surface area contributed by atoms with Gasteiger partial charge in [-0.15, -0.1) is 0 Å². The highest BCUT2D eigenvalue weighted by atomic mass is 35.5. The van der Waals surface area contributed by atoms with E-state index in [2.05, 4.69) is 5.32 Å². The monoisotopic (exact) mass is 414 g/mol. The number of rotatable bonds is 4. The van der Waals surface area contributed by atoms with Crippen molar-refractivity contribution in [1.29, 1.82) is 0 Å². The van der Waals surface area contributed by atoms with Gasteiger partial charge in [0.2, 0.25) is 0 Å². The second-order valence-electron chi connectivity index (χ2n) is 5.83. The molecule has 0 aromatic heterocycles. The minimum Gasteiger partial charge on any atom is -0.376 e. The molecule has 138 valence electrons. The van der Waals surface area contributed by atoms with Crippen molar-refractivity contribution in [3.05, 3.63) is 52.0 Å². The minimum absolute atomic E-state index is 0.0635. The Labute approximate surface area is 161 Å². The topological polar surface area (TPSA) is 75.7 Å². The van der Waals surface area contributed by atoms with Gasteiger partial charge >= 0.3 is 16.1 Å². The molecule has 6 nitrogen and oxygen atoms in total. The first kappa shape index (κ1) is 18.8. The van der Waals surface area contributed by atoms with Crippen LogP contribution in [-0.4, -0.2) is 27.5 Å². The summed E-state index contributed by atoms with van der Waals surface area (Å²) in [5.74, 6) is -0.113. The first-order chi connectivity index (χ1) is 12.3. The number of halogens is 2. The number of amides is 2. The van der Waals surface area contributed by atoms with Gasteiger partial charge in [-0.2, -0.15) is 8.42 Å². The van der Waals surface area contributed by atoms with Crippen LogP contribution in [0.1, 0.15) is 12.0 Å². The van der Waals surface area contributed by atoms with Crippen molar-refractivity contribution in [2.45, 2.75) is 18.2 Å². The number of anilines is 1. The van der Waals surface area contributed by atoms with Crippen molar-refractivity contribution in [2.75, 3.05) is 18.0 Å². The van der Waals surface area contributed by atoms with Gasteiger partial charge in [0.15, 0.2) is 5.75 Å².